The number of hydrogen-bond acceptors (Lipinski definition) is 3. The van der Waals surface area contributed by atoms with E-state index in [0.29, 0.717) is 12.6 Å². The lowest BCUT2D eigenvalue weighted by Gasteiger charge is -2.29. The van der Waals surface area contributed by atoms with Gasteiger partial charge < -0.3 is 15.4 Å². The Morgan fingerprint density at radius 2 is 1.58 bits per heavy atom. The first-order valence-electron chi connectivity index (χ1n) is 9.22. The van der Waals surface area contributed by atoms with Gasteiger partial charge in [0, 0.05) is 6.54 Å². The van der Waals surface area contributed by atoms with Crippen LogP contribution in [0.25, 0.3) is 0 Å². The van der Waals surface area contributed by atoms with Crippen LogP contribution in [0, 0.1) is 0 Å². The van der Waals surface area contributed by atoms with Crippen molar-refractivity contribution in [2.75, 3.05) is 17.2 Å². The van der Waals surface area contributed by atoms with Crippen LogP contribution in [-0.2, 0) is 13.0 Å². The summed E-state index contributed by atoms with van der Waals surface area (Å²) >= 11 is 0. The highest BCUT2D eigenvalue weighted by Crippen LogP contribution is 2.37. The second-order valence-corrected chi connectivity index (χ2v) is 6.70. The highest BCUT2D eigenvalue weighted by molar-refractivity contribution is 5.72. The summed E-state index contributed by atoms with van der Waals surface area (Å²) in [6, 6.07) is 27.6. The lowest BCUT2D eigenvalue weighted by Crippen LogP contribution is -2.32. The fraction of sp³-hybridized carbons (Fsp3) is 0.217. The maximum absolute atomic E-state index is 6.12. The lowest BCUT2D eigenvalue weighted by molar-refractivity contribution is 0.280. The Balaban J connectivity index is 1.38. The summed E-state index contributed by atoms with van der Waals surface area (Å²) in [6.07, 6.45) is 2.12. The van der Waals surface area contributed by atoms with Crippen molar-refractivity contribution < 1.29 is 4.74 Å². The molecule has 0 aliphatic carbocycles. The summed E-state index contributed by atoms with van der Waals surface area (Å²) in [5.74, 6) is 0.930. The fourth-order valence-corrected chi connectivity index (χ4v) is 3.33. The highest BCUT2D eigenvalue weighted by Gasteiger charge is 2.21. The zero-order valence-electron chi connectivity index (χ0n) is 14.8. The molecule has 4 rings (SSSR count). The Morgan fingerprint density at radius 3 is 2.35 bits per heavy atom. The number of para-hydroxylation sites is 1. The zero-order chi connectivity index (χ0) is 17.6. The molecule has 3 aromatic carbocycles. The third-order valence-electron chi connectivity index (χ3n) is 4.75. The van der Waals surface area contributed by atoms with Crippen molar-refractivity contribution in [3.63, 3.8) is 0 Å². The largest absolute Gasteiger partial charge is 0.487 e. The molecule has 0 radical (unpaired) electrons. The average Bonchev–Trinajstić information content (AvgIpc) is 2.72. The minimum Gasteiger partial charge on any atom is -0.487 e. The van der Waals surface area contributed by atoms with Gasteiger partial charge in [-0.05, 0) is 36.1 Å². The number of rotatable bonds is 6. The zero-order valence-corrected chi connectivity index (χ0v) is 14.8. The molecule has 0 saturated heterocycles. The number of ether oxygens (including phenoxy) is 1. The average molecular weight is 344 g/mol. The van der Waals surface area contributed by atoms with E-state index in [1.165, 1.54) is 11.1 Å². The summed E-state index contributed by atoms with van der Waals surface area (Å²) in [5, 5.41) is 7.14. The molecule has 26 heavy (non-hydrogen) atoms. The van der Waals surface area contributed by atoms with Gasteiger partial charge in [0.1, 0.15) is 6.61 Å². The Kier molecular flexibility index (Phi) is 5.06. The molecule has 1 aliphatic rings. The number of benzene rings is 3. The van der Waals surface area contributed by atoms with Crippen LogP contribution in [0.3, 0.4) is 0 Å². The molecule has 0 saturated carbocycles. The van der Waals surface area contributed by atoms with Crippen LogP contribution in [-0.4, -0.2) is 12.6 Å². The van der Waals surface area contributed by atoms with E-state index in [-0.39, 0.29) is 0 Å². The van der Waals surface area contributed by atoms with Crippen molar-refractivity contribution in [3.8, 4) is 5.75 Å². The SMILES string of the molecule is c1ccc(CCC2COc3c(NCc4ccccc4)cccc3N2)cc1. The normalized spacial score (nSPS) is 15.5. The molecule has 2 N–H and O–H groups in total. The van der Waals surface area contributed by atoms with E-state index in [4.69, 9.17) is 4.74 Å². The van der Waals surface area contributed by atoms with Crippen LogP contribution in [0.4, 0.5) is 11.4 Å². The van der Waals surface area contributed by atoms with Crippen LogP contribution < -0.4 is 15.4 Å². The second kappa shape index (κ2) is 7.96. The topological polar surface area (TPSA) is 33.3 Å². The molecule has 1 unspecified atom stereocenters. The van der Waals surface area contributed by atoms with Crippen molar-refractivity contribution in [1.82, 2.24) is 0 Å². The molecule has 3 aromatic rings. The quantitative estimate of drug-likeness (QED) is 0.652. The molecular formula is C23H24N2O. The third-order valence-corrected chi connectivity index (χ3v) is 4.75. The Bertz CT molecular complexity index is 833. The first-order valence-corrected chi connectivity index (χ1v) is 9.22. The van der Waals surface area contributed by atoms with Gasteiger partial charge in [0.25, 0.3) is 0 Å². The van der Waals surface area contributed by atoms with Crippen molar-refractivity contribution >= 4 is 11.4 Å². The Hall–Kier alpha value is -2.94. The van der Waals surface area contributed by atoms with Gasteiger partial charge in [0.2, 0.25) is 0 Å². The van der Waals surface area contributed by atoms with Crippen molar-refractivity contribution in [2.24, 2.45) is 0 Å². The van der Waals surface area contributed by atoms with Crippen LogP contribution in [0.1, 0.15) is 17.5 Å². The number of aryl methyl sites for hydroxylation is 1. The van der Waals surface area contributed by atoms with Gasteiger partial charge in [-0.1, -0.05) is 66.7 Å². The molecule has 1 atom stereocenters. The predicted octanol–water partition coefficient (Wildman–Crippen LogP) is 5.10. The van der Waals surface area contributed by atoms with E-state index < -0.39 is 0 Å². The highest BCUT2D eigenvalue weighted by atomic mass is 16.5. The van der Waals surface area contributed by atoms with E-state index in [1.807, 2.05) is 6.07 Å². The maximum atomic E-state index is 6.12. The standard InChI is InChI=1S/C23H24N2O/c1-3-8-18(9-4-1)14-15-20-17-26-23-21(12-7-13-22(23)25-20)24-16-19-10-5-2-6-11-19/h1-13,20,24-25H,14-17H2. The van der Waals surface area contributed by atoms with Crippen LogP contribution >= 0.6 is 0 Å². The van der Waals surface area contributed by atoms with Crippen molar-refractivity contribution in [3.05, 3.63) is 90.0 Å². The van der Waals surface area contributed by atoms with E-state index in [9.17, 15) is 0 Å². The number of anilines is 2. The summed E-state index contributed by atoms with van der Waals surface area (Å²) in [4.78, 5) is 0. The second-order valence-electron chi connectivity index (χ2n) is 6.70. The van der Waals surface area contributed by atoms with E-state index >= 15 is 0 Å². The Labute approximate surface area is 155 Å². The summed E-state index contributed by atoms with van der Waals surface area (Å²) in [5.41, 5.74) is 4.75. The molecule has 0 spiro atoms. The maximum Gasteiger partial charge on any atom is 0.165 e. The molecule has 3 heteroatoms. The van der Waals surface area contributed by atoms with E-state index in [1.54, 1.807) is 0 Å². The molecule has 132 valence electrons. The number of hydrogen-bond donors (Lipinski definition) is 2. The monoisotopic (exact) mass is 344 g/mol. The van der Waals surface area contributed by atoms with Gasteiger partial charge in [-0.2, -0.15) is 0 Å². The first kappa shape index (κ1) is 16.5. The predicted molar refractivity (Wildman–Crippen MR) is 108 cm³/mol. The van der Waals surface area contributed by atoms with Gasteiger partial charge in [-0.15, -0.1) is 0 Å². The summed E-state index contributed by atoms with van der Waals surface area (Å²) in [7, 11) is 0. The summed E-state index contributed by atoms with van der Waals surface area (Å²) < 4.78 is 6.12. The van der Waals surface area contributed by atoms with E-state index in [2.05, 4.69) is 83.4 Å². The van der Waals surface area contributed by atoms with Gasteiger partial charge in [-0.25, -0.2) is 0 Å². The van der Waals surface area contributed by atoms with Gasteiger partial charge in [0.05, 0.1) is 17.4 Å². The van der Waals surface area contributed by atoms with Crippen LogP contribution in [0.5, 0.6) is 5.75 Å². The van der Waals surface area contributed by atoms with Crippen LogP contribution in [0.15, 0.2) is 78.9 Å². The summed E-state index contributed by atoms with van der Waals surface area (Å²) in [6.45, 7) is 1.49. The Morgan fingerprint density at radius 1 is 0.846 bits per heavy atom. The van der Waals surface area contributed by atoms with Crippen molar-refractivity contribution in [1.29, 1.82) is 0 Å². The first-order chi connectivity index (χ1) is 12.9. The van der Waals surface area contributed by atoms with Crippen LogP contribution in [0.2, 0.25) is 0 Å². The lowest BCUT2D eigenvalue weighted by atomic mass is 10.0. The minimum absolute atomic E-state index is 0.340. The molecule has 1 heterocycles. The number of fused-ring (bicyclic) bond motifs is 1. The van der Waals surface area contributed by atoms with Crippen molar-refractivity contribution in [2.45, 2.75) is 25.4 Å². The molecule has 0 fully saturated rings. The minimum atomic E-state index is 0.340. The molecule has 0 bridgehead atoms. The van der Waals surface area contributed by atoms with E-state index in [0.717, 1.165) is 36.5 Å². The molecule has 0 aromatic heterocycles. The molecule has 0 amide bonds. The molecular weight excluding hydrogens is 320 g/mol. The number of nitrogens with one attached hydrogen (secondary N) is 2. The van der Waals surface area contributed by atoms with Gasteiger partial charge in [-0.3, -0.25) is 0 Å². The third kappa shape index (κ3) is 3.99. The van der Waals surface area contributed by atoms with Gasteiger partial charge >= 0.3 is 0 Å². The van der Waals surface area contributed by atoms with Gasteiger partial charge in [0.15, 0.2) is 5.75 Å². The molecule has 3 nitrogen and oxygen atoms in total. The molecule has 1 aliphatic heterocycles. The smallest absolute Gasteiger partial charge is 0.165 e. The fourth-order valence-electron chi connectivity index (χ4n) is 3.33.